The lowest BCUT2D eigenvalue weighted by Crippen LogP contribution is -2.11. The highest BCUT2D eigenvalue weighted by Crippen LogP contribution is 2.35. The van der Waals surface area contributed by atoms with E-state index >= 15 is 0 Å². The number of ether oxygens (including phenoxy) is 1. The second kappa shape index (κ2) is 5.71. The van der Waals surface area contributed by atoms with Crippen molar-refractivity contribution in [3.63, 3.8) is 0 Å². The van der Waals surface area contributed by atoms with Gasteiger partial charge in [-0.25, -0.2) is 9.97 Å². The first-order chi connectivity index (χ1) is 9.34. The first-order valence-corrected chi connectivity index (χ1v) is 6.34. The molecule has 0 radical (unpaired) electrons. The minimum atomic E-state index is -4.66. The standard InChI is InChI=1S/C10H9Cl2F3N4O/c1-2-20-4-3-19-6-5(7(18-19)10(13,14)15)16-9(12)17-8(6)11/h2-4H2,1H3. The van der Waals surface area contributed by atoms with Gasteiger partial charge in [0.1, 0.15) is 11.0 Å². The zero-order valence-electron chi connectivity index (χ0n) is 10.2. The van der Waals surface area contributed by atoms with Crippen LogP contribution in [0.2, 0.25) is 10.4 Å². The lowest BCUT2D eigenvalue weighted by molar-refractivity contribution is -0.140. The van der Waals surface area contributed by atoms with Crippen LogP contribution in [0, 0.1) is 0 Å². The van der Waals surface area contributed by atoms with Gasteiger partial charge < -0.3 is 4.74 Å². The molecule has 2 aromatic rings. The highest BCUT2D eigenvalue weighted by atomic mass is 35.5. The van der Waals surface area contributed by atoms with E-state index in [0.717, 1.165) is 4.68 Å². The summed E-state index contributed by atoms with van der Waals surface area (Å²) >= 11 is 11.4. The van der Waals surface area contributed by atoms with Crippen LogP contribution in [-0.4, -0.2) is 33.0 Å². The SMILES string of the molecule is CCOCCn1nc(C(F)(F)F)c2nc(Cl)nc(Cl)c21. The summed E-state index contributed by atoms with van der Waals surface area (Å²) in [5, 5.41) is 2.96. The maximum atomic E-state index is 12.9. The van der Waals surface area contributed by atoms with E-state index in [2.05, 4.69) is 15.1 Å². The fraction of sp³-hybridized carbons (Fsp3) is 0.500. The Balaban J connectivity index is 2.58. The number of halogens is 5. The number of nitrogens with zero attached hydrogens (tertiary/aromatic N) is 4. The number of hydrogen-bond donors (Lipinski definition) is 0. The van der Waals surface area contributed by atoms with E-state index in [4.69, 9.17) is 27.9 Å². The Morgan fingerprint density at radius 2 is 1.95 bits per heavy atom. The van der Waals surface area contributed by atoms with Crippen LogP contribution >= 0.6 is 23.2 Å². The summed E-state index contributed by atoms with van der Waals surface area (Å²) in [6.45, 7) is 2.52. The summed E-state index contributed by atoms with van der Waals surface area (Å²) in [5.41, 5.74) is -1.57. The van der Waals surface area contributed by atoms with Crippen molar-refractivity contribution >= 4 is 34.2 Å². The van der Waals surface area contributed by atoms with Crippen LogP contribution in [0.4, 0.5) is 13.2 Å². The molecule has 0 aliphatic carbocycles. The molecule has 0 unspecified atom stereocenters. The lowest BCUT2D eigenvalue weighted by atomic mass is 10.3. The first-order valence-electron chi connectivity index (χ1n) is 5.59. The van der Waals surface area contributed by atoms with Crippen LogP contribution in [0.15, 0.2) is 0 Å². The molecule has 0 aliphatic heterocycles. The largest absolute Gasteiger partial charge is 0.437 e. The van der Waals surface area contributed by atoms with Crippen molar-refractivity contribution < 1.29 is 17.9 Å². The van der Waals surface area contributed by atoms with Crippen LogP contribution in [0.3, 0.4) is 0 Å². The monoisotopic (exact) mass is 328 g/mol. The highest BCUT2D eigenvalue weighted by molar-refractivity contribution is 6.35. The number of hydrogen-bond acceptors (Lipinski definition) is 4. The van der Waals surface area contributed by atoms with Crippen molar-refractivity contribution in [3.05, 3.63) is 16.1 Å². The Kier molecular flexibility index (Phi) is 4.36. The van der Waals surface area contributed by atoms with Crippen LogP contribution in [0.25, 0.3) is 11.0 Å². The predicted molar refractivity (Wildman–Crippen MR) is 66.8 cm³/mol. The van der Waals surface area contributed by atoms with Crippen molar-refractivity contribution in [3.8, 4) is 0 Å². The summed E-state index contributed by atoms with van der Waals surface area (Å²) in [7, 11) is 0. The van der Waals surface area contributed by atoms with E-state index in [-0.39, 0.29) is 29.1 Å². The summed E-state index contributed by atoms with van der Waals surface area (Å²) < 4.78 is 45.0. The summed E-state index contributed by atoms with van der Waals surface area (Å²) in [4.78, 5) is 7.21. The van der Waals surface area contributed by atoms with Crippen molar-refractivity contribution in [2.24, 2.45) is 0 Å². The van der Waals surface area contributed by atoms with Gasteiger partial charge in [-0.3, -0.25) is 4.68 Å². The summed E-state index contributed by atoms with van der Waals surface area (Å²) in [6, 6.07) is 0. The molecule has 0 amide bonds. The Morgan fingerprint density at radius 1 is 1.25 bits per heavy atom. The van der Waals surface area contributed by atoms with Crippen molar-refractivity contribution in [1.82, 2.24) is 19.7 Å². The Labute approximate surface area is 121 Å². The van der Waals surface area contributed by atoms with Gasteiger partial charge >= 0.3 is 6.18 Å². The van der Waals surface area contributed by atoms with Crippen molar-refractivity contribution in [2.45, 2.75) is 19.6 Å². The van der Waals surface area contributed by atoms with Crippen molar-refractivity contribution in [2.75, 3.05) is 13.2 Å². The number of alkyl halides is 3. The van der Waals surface area contributed by atoms with E-state index in [1.807, 2.05) is 0 Å². The number of fused-ring (bicyclic) bond motifs is 1. The van der Waals surface area contributed by atoms with Gasteiger partial charge in [-0.05, 0) is 18.5 Å². The average Bonchev–Trinajstić information content (AvgIpc) is 2.68. The van der Waals surface area contributed by atoms with E-state index in [1.54, 1.807) is 6.92 Å². The molecule has 2 heterocycles. The van der Waals surface area contributed by atoms with E-state index in [1.165, 1.54) is 0 Å². The van der Waals surface area contributed by atoms with Gasteiger partial charge in [-0.1, -0.05) is 11.6 Å². The third-order valence-electron chi connectivity index (χ3n) is 2.44. The van der Waals surface area contributed by atoms with Gasteiger partial charge in [0.2, 0.25) is 5.28 Å². The molecule has 0 aliphatic rings. The zero-order chi connectivity index (χ0) is 14.9. The molecule has 10 heteroatoms. The minimum Gasteiger partial charge on any atom is -0.380 e. The Hall–Kier alpha value is -1.12. The Morgan fingerprint density at radius 3 is 2.55 bits per heavy atom. The fourth-order valence-electron chi connectivity index (χ4n) is 1.66. The van der Waals surface area contributed by atoms with Crippen LogP contribution < -0.4 is 0 Å². The van der Waals surface area contributed by atoms with E-state index < -0.39 is 17.4 Å². The third kappa shape index (κ3) is 2.97. The molecule has 5 nitrogen and oxygen atoms in total. The predicted octanol–water partition coefficient (Wildman–Crippen LogP) is 3.19. The van der Waals surface area contributed by atoms with Gasteiger partial charge in [-0.15, -0.1) is 0 Å². The quantitative estimate of drug-likeness (QED) is 0.491. The molecular formula is C10H9Cl2F3N4O. The minimum absolute atomic E-state index is 0.0110. The molecule has 0 saturated carbocycles. The normalized spacial score (nSPS) is 12.3. The van der Waals surface area contributed by atoms with Crippen molar-refractivity contribution in [1.29, 1.82) is 0 Å². The Bertz CT molecular complexity index is 629. The van der Waals surface area contributed by atoms with Gasteiger partial charge in [0.25, 0.3) is 0 Å². The van der Waals surface area contributed by atoms with Crippen LogP contribution in [0.5, 0.6) is 0 Å². The first kappa shape index (κ1) is 15.3. The van der Waals surface area contributed by atoms with Crippen LogP contribution in [-0.2, 0) is 17.5 Å². The molecule has 110 valence electrons. The maximum absolute atomic E-state index is 12.9. The molecule has 0 bridgehead atoms. The molecule has 0 saturated heterocycles. The topological polar surface area (TPSA) is 52.8 Å². The number of rotatable bonds is 4. The van der Waals surface area contributed by atoms with Gasteiger partial charge in [-0.2, -0.15) is 18.3 Å². The molecule has 0 fully saturated rings. The molecule has 2 aromatic heterocycles. The second-order valence-corrected chi connectivity index (χ2v) is 4.44. The second-order valence-electron chi connectivity index (χ2n) is 3.75. The molecular weight excluding hydrogens is 320 g/mol. The molecule has 20 heavy (non-hydrogen) atoms. The van der Waals surface area contributed by atoms with Gasteiger partial charge in [0.05, 0.1) is 13.2 Å². The number of aromatic nitrogens is 4. The third-order valence-corrected chi connectivity index (χ3v) is 2.87. The molecule has 0 aromatic carbocycles. The average molecular weight is 329 g/mol. The molecule has 2 rings (SSSR count). The lowest BCUT2D eigenvalue weighted by Gasteiger charge is -2.04. The van der Waals surface area contributed by atoms with E-state index in [9.17, 15) is 13.2 Å². The smallest absolute Gasteiger partial charge is 0.380 e. The summed E-state index contributed by atoms with van der Waals surface area (Å²) in [5.74, 6) is 0. The van der Waals surface area contributed by atoms with Gasteiger partial charge in [0, 0.05) is 6.61 Å². The molecule has 0 atom stereocenters. The summed E-state index contributed by atoms with van der Waals surface area (Å²) in [6.07, 6.45) is -4.66. The fourth-order valence-corrected chi connectivity index (χ4v) is 2.14. The maximum Gasteiger partial charge on any atom is 0.437 e. The highest BCUT2D eigenvalue weighted by Gasteiger charge is 2.38. The molecule has 0 spiro atoms. The zero-order valence-corrected chi connectivity index (χ0v) is 11.7. The van der Waals surface area contributed by atoms with Crippen LogP contribution in [0.1, 0.15) is 12.6 Å². The van der Waals surface area contributed by atoms with E-state index in [0.29, 0.717) is 6.61 Å². The molecule has 0 N–H and O–H groups in total. The van der Waals surface area contributed by atoms with Gasteiger partial charge in [0.15, 0.2) is 10.8 Å².